The van der Waals surface area contributed by atoms with Gasteiger partial charge in [-0.15, -0.1) is 0 Å². The summed E-state index contributed by atoms with van der Waals surface area (Å²) in [6, 6.07) is 0. The number of nitrogens with zero attached hydrogens (tertiary/aromatic N) is 3. The average Bonchev–Trinajstić information content (AvgIpc) is 2.88. The van der Waals surface area contributed by atoms with Crippen molar-refractivity contribution in [1.29, 1.82) is 0 Å². The summed E-state index contributed by atoms with van der Waals surface area (Å²) in [5.41, 5.74) is 0. The van der Waals surface area contributed by atoms with Crippen LogP contribution in [-0.4, -0.2) is 71.2 Å². The monoisotopic (exact) mass is 270 g/mol. The molecule has 7 heteroatoms. The summed E-state index contributed by atoms with van der Waals surface area (Å²) in [7, 11) is 1.59. The Kier molecular flexibility index (Phi) is 5.26. The molecule has 1 aliphatic heterocycles. The van der Waals surface area contributed by atoms with Gasteiger partial charge in [0.05, 0.1) is 19.3 Å². The molecule has 1 aromatic rings. The second-order valence-corrected chi connectivity index (χ2v) is 4.72. The van der Waals surface area contributed by atoms with Gasteiger partial charge in [-0.25, -0.2) is 4.98 Å². The lowest BCUT2D eigenvalue weighted by Gasteiger charge is -2.32. The van der Waals surface area contributed by atoms with Gasteiger partial charge in [0, 0.05) is 33.2 Å². The van der Waals surface area contributed by atoms with Crippen LogP contribution in [0.5, 0.6) is 0 Å². The SMILES string of the molecule is CCc1nc([C@@H]2CN(C[C@H](O)COC)CCO2)n[nH]1. The normalized spacial score (nSPS) is 22.6. The van der Waals surface area contributed by atoms with Gasteiger partial charge >= 0.3 is 0 Å². The van der Waals surface area contributed by atoms with E-state index in [-0.39, 0.29) is 6.10 Å². The molecular weight excluding hydrogens is 248 g/mol. The van der Waals surface area contributed by atoms with Crippen molar-refractivity contribution in [2.24, 2.45) is 0 Å². The highest BCUT2D eigenvalue weighted by atomic mass is 16.5. The fourth-order valence-electron chi connectivity index (χ4n) is 2.18. The molecule has 108 valence electrons. The lowest BCUT2D eigenvalue weighted by Crippen LogP contribution is -2.43. The molecule has 0 aliphatic carbocycles. The fraction of sp³-hybridized carbons (Fsp3) is 0.833. The van der Waals surface area contributed by atoms with Gasteiger partial charge in [0.2, 0.25) is 0 Å². The van der Waals surface area contributed by atoms with E-state index in [1.165, 1.54) is 0 Å². The first-order chi connectivity index (χ1) is 9.22. The van der Waals surface area contributed by atoms with Gasteiger partial charge < -0.3 is 14.6 Å². The number of ether oxygens (including phenoxy) is 2. The van der Waals surface area contributed by atoms with Crippen LogP contribution in [0.4, 0.5) is 0 Å². The number of aliphatic hydroxyl groups is 1. The van der Waals surface area contributed by atoms with Gasteiger partial charge in [-0.2, -0.15) is 5.10 Å². The quantitative estimate of drug-likeness (QED) is 0.741. The predicted octanol–water partition coefficient (Wildman–Crippen LogP) is -0.252. The maximum absolute atomic E-state index is 9.76. The first-order valence-corrected chi connectivity index (χ1v) is 6.65. The number of morpholine rings is 1. The molecule has 0 radical (unpaired) electrons. The highest BCUT2D eigenvalue weighted by Gasteiger charge is 2.26. The number of hydrogen-bond acceptors (Lipinski definition) is 6. The molecule has 0 spiro atoms. The zero-order chi connectivity index (χ0) is 13.7. The minimum absolute atomic E-state index is 0.125. The van der Waals surface area contributed by atoms with Crippen molar-refractivity contribution in [3.05, 3.63) is 11.6 Å². The Balaban J connectivity index is 1.89. The van der Waals surface area contributed by atoms with Crippen LogP contribution in [0.25, 0.3) is 0 Å². The highest BCUT2D eigenvalue weighted by molar-refractivity contribution is 4.96. The van der Waals surface area contributed by atoms with Crippen LogP contribution in [-0.2, 0) is 15.9 Å². The van der Waals surface area contributed by atoms with Crippen LogP contribution >= 0.6 is 0 Å². The lowest BCUT2D eigenvalue weighted by atomic mass is 10.2. The van der Waals surface area contributed by atoms with E-state index >= 15 is 0 Å². The van der Waals surface area contributed by atoms with Crippen LogP contribution in [0.2, 0.25) is 0 Å². The smallest absolute Gasteiger partial charge is 0.180 e. The second kappa shape index (κ2) is 6.95. The molecule has 19 heavy (non-hydrogen) atoms. The minimum atomic E-state index is -0.470. The van der Waals surface area contributed by atoms with E-state index in [9.17, 15) is 5.11 Å². The molecule has 1 aliphatic rings. The van der Waals surface area contributed by atoms with Gasteiger partial charge in [-0.1, -0.05) is 6.92 Å². The summed E-state index contributed by atoms with van der Waals surface area (Å²) >= 11 is 0. The second-order valence-electron chi connectivity index (χ2n) is 4.72. The summed E-state index contributed by atoms with van der Waals surface area (Å²) in [5.74, 6) is 1.57. The van der Waals surface area contributed by atoms with E-state index in [1.807, 2.05) is 6.92 Å². The number of hydrogen-bond donors (Lipinski definition) is 2. The number of methoxy groups -OCH3 is 1. The third kappa shape index (κ3) is 3.97. The third-order valence-electron chi connectivity index (χ3n) is 3.15. The number of β-amino-alcohol motifs (C(OH)–C–C–N with tert-alkyl or cyclic N) is 1. The summed E-state index contributed by atoms with van der Waals surface area (Å²) in [5, 5.41) is 16.8. The van der Waals surface area contributed by atoms with Gasteiger partial charge in [0.15, 0.2) is 5.82 Å². The van der Waals surface area contributed by atoms with Crippen LogP contribution in [0.15, 0.2) is 0 Å². The summed E-state index contributed by atoms with van der Waals surface area (Å²) in [6.07, 6.45) is 0.234. The minimum Gasteiger partial charge on any atom is -0.389 e. The van der Waals surface area contributed by atoms with E-state index in [1.54, 1.807) is 7.11 Å². The molecule has 2 heterocycles. The fourth-order valence-corrected chi connectivity index (χ4v) is 2.18. The predicted molar refractivity (Wildman–Crippen MR) is 68.8 cm³/mol. The summed E-state index contributed by atoms with van der Waals surface area (Å²) < 4.78 is 10.6. The van der Waals surface area contributed by atoms with Gasteiger partial charge in [-0.05, 0) is 0 Å². The Labute approximate surface area is 112 Å². The maximum atomic E-state index is 9.76. The zero-order valence-electron chi connectivity index (χ0n) is 11.5. The molecule has 1 fully saturated rings. The van der Waals surface area contributed by atoms with Crippen molar-refractivity contribution in [2.45, 2.75) is 25.6 Å². The van der Waals surface area contributed by atoms with Crippen molar-refractivity contribution in [3.63, 3.8) is 0 Å². The molecular formula is C12H22N4O3. The number of aliphatic hydroxyl groups excluding tert-OH is 1. The van der Waals surface area contributed by atoms with E-state index in [0.29, 0.717) is 32.1 Å². The van der Waals surface area contributed by atoms with Crippen LogP contribution in [0.1, 0.15) is 24.7 Å². The molecule has 2 atom stereocenters. The van der Waals surface area contributed by atoms with Crippen molar-refractivity contribution >= 4 is 0 Å². The summed E-state index contributed by atoms with van der Waals surface area (Å²) in [4.78, 5) is 6.55. The van der Waals surface area contributed by atoms with Gasteiger partial charge in [0.1, 0.15) is 11.9 Å². The topological polar surface area (TPSA) is 83.5 Å². The van der Waals surface area contributed by atoms with E-state index in [2.05, 4.69) is 20.1 Å². The first kappa shape index (κ1) is 14.4. The van der Waals surface area contributed by atoms with Crippen molar-refractivity contribution in [1.82, 2.24) is 20.1 Å². The molecule has 0 amide bonds. The molecule has 1 saturated heterocycles. The van der Waals surface area contributed by atoms with E-state index in [0.717, 1.165) is 18.8 Å². The standard InChI is InChI=1S/C12H22N4O3/c1-3-11-13-12(15-14-11)10-7-16(4-5-19-10)6-9(17)8-18-2/h9-10,17H,3-8H2,1-2H3,(H,13,14,15)/t9-,10-/m0/s1. The van der Waals surface area contributed by atoms with Crippen molar-refractivity contribution in [2.75, 3.05) is 40.0 Å². The van der Waals surface area contributed by atoms with E-state index < -0.39 is 6.10 Å². The van der Waals surface area contributed by atoms with Crippen molar-refractivity contribution in [3.8, 4) is 0 Å². The molecule has 2 rings (SSSR count). The Morgan fingerprint density at radius 3 is 3.16 bits per heavy atom. The van der Waals surface area contributed by atoms with Crippen LogP contribution < -0.4 is 0 Å². The Morgan fingerprint density at radius 2 is 2.47 bits per heavy atom. The maximum Gasteiger partial charge on any atom is 0.180 e. The molecule has 7 nitrogen and oxygen atoms in total. The summed E-state index contributed by atoms with van der Waals surface area (Å²) in [6.45, 7) is 5.09. The van der Waals surface area contributed by atoms with Crippen LogP contribution in [0.3, 0.4) is 0 Å². The molecule has 2 N–H and O–H groups in total. The number of rotatable bonds is 6. The van der Waals surface area contributed by atoms with Crippen LogP contribution in [0, 0.1) is 0 Å². The number of aromatic nitrogens is 3. The van der Waals surface area contributed by atoms with E-state index in [4.69, 9.17) is 9.47 Å². The number of aryl methyl sites for hydroxylation is 1. The third-order valence-corrected chi connectivity index (χ3v) is 3.15. The molecule has 0 aromatic carbocycles. The number of H-pyrrole nitrogens is 1. The van der Waals surface area contributed by atoms with Gasteiger partial charge in [0.25, 0.3) is 0 Å². The first-order valence-electron chi connectivity index (χ1n) is 6.65. The lowest BCUT2D eigenvalue weighted by molar-refractivity contribution is -0.0526. The molecule has 0 saturated carbocycles. The number of nitrogens with one attached hydrogen (secondary N) is 1. The molecule has 1 aromatic heterocycles. The Bertz CT molecular complexity index is 385. The molecule has 0 unspecified atom stereocenters. The zero-order valence-corrected chi connectivity index (χ0v) is 11.5. The largest absolute Gasteiger partial charge is 0.389 e. The molecule has 0 bridgehead atoms. The van der Waals surface area contributed by atoms with Gasteiger partial charge in [-0.3, -0.25) is 10.00 Å². The Morgan fingerprint density at radius 1 is 1.63 bits per heavy atom. The highest BCUT2D eigenvalue weighted by Crippen LogP contribution is 2.19. The van der Waals surface area contributed by atoms with Crippen molar-refractivity contribution < 1.29 is 14.6 Å². The average molecular weight is 270 g/mol. The Hall–Kier alpha value is -1.02. The number of aromatic amines is 1.